The molecule has 0 aliphatic heterocycles. The summed E-state index contributed by atoms with van der Waals surface area (Å²) >= 11 is 5.83. The minimum atomic E-state index is -0.521. The molecule has 0 aromatic heterocycles. The number of rotatable bonds is 8. The first-order valence-corrected chi connectivity index (χ1v) is 7.42. The van der Waals surface area contributed by atoms with Gasteiger partial charge in [0.15, 0.2) is 0 Å². The van der Waals surface area contributed by atoms with E-state index in [1.807, 2.05) is 42.5 Å². The monoisotopic (exact) mass is 354 g/mol. The highest BCUT2D eigenvalue weighted by Crippen LogP contribution is 2.10. The number of carbonyl (C=O) groups is 1. The van der Waals surface area contributed by atoms with Gasteiger partial charge in [0.1, 0.15) is 6.04 Å². The van der Waals surface area contributed by atoms with Crippen LogP contribution in [0.15, 0.2) is 54.6 Å². The van der Waals surface area contributed by atoms with Crippen molar-refractivity contribution >= 4 is 29.9 Å². The van der Waals surface area contributed by atoms with E-state index in [9.17, 15) is 4.79 Å². The first kappa shape index (κ1) is 19.5. The normalized spacial score (nSPS) is 11.5. The number of hydrogen-bond donors (Lipinski definition) is 2. The van der Waals surface area contributed by atoms with E-state index < -0.39 is 11.9 Å². The lowest BCUT2D eigenvalue weighted by atomic mass is 10.2. The van der Waals surface area contributed by atoms with E-state index in [0.29, 0.717) is 18.2 Å². The van der Waals surface area contributed by atoms with Crippen LogP contribution in [0, 0.1) is 0 Å². The molecule has 0 saturated carbocycles. The van der Waals surface area contributed by atoms with E-state index in [1.54, 1.807) is 12.1 Å². The minimum Gasteiger partial charge on any atom is -0.375 e. The molecule has 124 valence electrons. The molecule has 0 bridgehead atoms. The van der Waals surface area contributed by atoms with Crippen LogP contribution in [-0.2, 0) is 22.7 Å². The lowest BCUT2D eigenvalue weighted by Gasteiger charge is -2.16. The highest BCUT2D eigenvalue weighted by Gasteiger charge is 2.14. The van der Waals surface area contributed by atoms with E-state index in [-0.39, 0.29) is 19.0 Å². The fourth-order valence-corrected chi connectivity index (χ4v) is 2.08. The number of benzene rings is 2. The second kappa shape index (κ2) is 10.2. The van der Waals surface area contributed by atoms with E-state index in [1.165, 1.54) is 0 Å². The van der Waals surface area contributed by atoms with Gasteiger partial charge in [0.2, 0.25) is 5.91 Å². The van der Waals surface area contributed by atoms with Crippen LogP contribution in [0.4, 0.5) is 0 Å². The summed E-state index contributed by atoms with van der Waals surface area (Å²) in [6.07, 6.45) is 0. The largest absolute Gasteiger partial charge is 0.375 e. The average Bonchev–Trinajstić information content (AvgIpc) is 2.53. The first-order valence-electron chi connectivity index (χ1n) is 7.04. The summed E-state index contributed by atoms with van der Waals surface area (Å²) in [7, 11) is 0. The Hall–Kier alpha value is -1.59. The number of carbonyl (C=O) groups excluding carboxylic acids is 1. The van der Waals surface area contributed by atoms with Crippen LogP contribution in [0.1, 0.15) is 11.1 Å². The molecule has 1 unspecified atom stereocenters. The highest BCUT2D eigenvalue weighted by atomic mass is 35.5. The zero-order chi connectivity index (χ0) is 15.8. The van der Waals surface area contributed by atoms with Gasteiger partial charge in [-0.3, -0.25) is 10.1 Å². The molecular weight excluding hydrogens is 335 g/mol. The Labute approximate surface area is 147 Å². The molecule has 2 aromatic carbocycles. The maximum Gasteiger partial charge on any atom is 0.236 e. The van der Waals surface area contributed by atoms with E-state index in [0.717, 1.165) is 11.1 Å². The van der Waals surface area contributed by atoms with Gasteiger partial charge >= 0.3 is 0 Å². The van der Waals surface area contributed by atoms with Gasteiger partial charge in [-0.1, -0.05) is 54.1 Å². The predicted molar refractivity (Wildman–Crippen MR) is 94.6 cm³/mol. The highest BCUT2D eigenvalue weighted by molar-refractivity contribution is 6.30. The van der Waals surface area contributed by atoms with Crippen LogP contribution >= 0.6 is 24.0 Å². The summed E-state index contributed by atoms with van der Waals surface area (Å²) in [4.78, 5) is 11.5. The van der Waals surface area contributed by atoms with Gasteiger partial charge in [-0.15, -0.1) is 12.4 Å². The van der Waals surface area contributed by atoms with Crippen LogP contribution in [0.3, 0.4) is 0 Å². The van der Waals surface area contributed by atoms with Gasteiger partial charge in [-0.25, -0.2) is 0 Å². The molecule has 1 amide bonds. The molecule has 3 N–H and O–H groups in total. The molecule has 1 atom stereocenters. The Morgan fingerprint density at radius 1 is 1.09 bits per heavy atom. The molecule has 0 fully saturated rings. The molecule has 0 radical (unpaired) electrons. The number of primary amides is 1. The zero-order valence-corrected chi connectivity index (χ0v) is 14.1. The smallest absolute Gasteiger partial charge is 0.236 e. The van der Waals surface area contributed by atoms with E-state index >= 15 is 0 Å². The van der Waals surface area contributed by atoms with Crippen molar-refractivity contribution in [2.45, 2.75) is 19.2 Å². The molecule has 23 heavy (non-hydrogen) atoms. The lowest BCUT2D eigenvalue weighted by molar-refractivity contribution is -0.121. The van der Waals surface area contributed by atoms with Crippen LogP contribution in [0.25, 0.3) is 0 Å². The summed E-state index contributed by atoms with van der Waals surface area (Å²) in [5, 5.41) is 3.79. The van der Waals surface area contributed by atoms with Crippen molar-refractivity contribution in [1.82, 2.24) is 5.32 Å². The van der Waals surface area contributed by atoms with Crippen molar-refractivity contribution in [2.24, 2.45) is 5.73 Å². The van der Waals surface area contributed by atoms with E-state index in [4.69, 9.17) is 22.1 Å². The molecule has 2 rings (SSSR count). The Balaban J connectivity index is 0.00000264. The van der Waals surface area contributed by atoms with Gasteiger partial charge in [0, 0.05) is 11.6 Å². The van der Waals surface area contributed by atoms with Gasteiger partial charge in [0.25, 0.3) is 0 Å². The lowest BCUT2D eigenvalue weighted by Crippen LogP contribution is -2.44. The number of hydrogen-bond acceptors (Lipinski definition) is 3. The molecule has 0 heterocycles. The number of halogens is 2. The second-order valence-corrected chi connectivity index (χ2v) is 5.40. The van der Waals surface area contributed by atoms with Crippen molar-refractivity contribution < 1.29 is 9.53 Å². The quantitative estimate of drug-likeness (QED) is 0.765. The summed E-state index contributed by atoms with van der Waals surface area (Å²) in [5.41, 5.74) is 7.49. The maximum absolute atomic E-state index is 11.5. The third kappa shape index (κ3) is 7.01. The Morgan fingerprint density at radius 2 is 1.74 bits per heavy atom. The summed E-state index contributed by atoms with van der Waals surface area (Å²) in [6, 6.07) is 16.7. The molecule has 0 saturated heterocycles. The summed E-state index contributed by atoms with van der Waals surface area (Å²) < 4.78 is 5.57. The molecular formula is C17H20Cl2N2O2. The van der Waals surface area contributed by atoms with Gasteiger partial charge in [-0.05, 0) is 23.3 Å². The average molecular weight is 355 g/mol. The molecule has 0 spiro atoms. The Morgan fingerprint density at radius 3 is 2.35 bits per heavy atom. The fraction of sp³-hybridized carbons (Fsp3) is 0.235. The third-order valence-electron chi connectivity index (χ3n) is 3.21. The van der Waals surface area contributed by atoms with Crippen molar-refractivity contribution in [3.05, 3.63) is 70.7 Å². The number of nitrogens with one attached hydrogen (secondary N) is 1. The Bertz CT molecular complexity index is 591. The van der Waals surface area contributed by atoms with E-state index in [2.05, 4.69) is 5.32 Å². The minimum absolute atomic E-state index is 0. The predicted octanol–water partition coefficient (Wildman–Crippen LogP) is 2.92. The molecule has 4 nitrogen and oxygen atoms in total. The summed E-state index contributed by atoms with van der Waals surface area (Å²) in [5.74, 6) is -0.424. The van der Waals surface area contributed by atoms with Gasteiger partial charge < -0.3 is 10.5 Å². The summed E-state index contributed by atoms with van der Waals surface area (Å²) in [6.45, 7) is 1.21. The molecule has 6 heteroatoms. The zero-order valence-electron chi connectivity index (χ0n) is 12.6. The molecule has 0 aliphatic carbocycles. The second-order valence-electron chi connectivity index (χ2n) is 4.96. The van der Waals surface area contributed by atoms with Crippen LogP contribution in [-0.4, -0.2) is 18.6 Å². The van der Waals surface area contributed by atoms with Gasteiger partial charge in [-0.2, -0.15) is 0 Å². The van der Waals surface area contributed by atoms with Crippen molar-refractivity contribution in [1.29, 1.82) is 0 Å². The van der Waals surface area contributed by atoms with Crippen LogP contribution in [0.5, 0.6) is 0 Å². The molecule has 2 aromatic rings. The number of ether oxygens (including phenoxy) is 1. The first-order chi connectivity index (χ1) is 10.6. The van der Waals surface area contributed by atoms with Crippen LogP contribution < -0.4 is 11.1 Å². The van der Waals surface area contributed by atoms with Crippen LogP contribution in [0.2, 0.25) is 5.02 Å². The van der Waals surface area contributed by atoms with Crippen molar-refractivity contribution in [3.63, 3.8) is 0 Å². The van der Waals surface area contributed by atoms with Crippen molar-refractivity contribution in [3.8, 4) is 0 Å². The third-order valence-corrected chi connectivity index (χ3v) is 3.46. The maximum atomic E-state index is 11.5. The SMILES string of the molecule is Cl.NC(=O)C(COCc1ccc(Cl)cc1)NCc1ccccc1. The fourth-order valence-electron chi connectivity index (χ4n) is 1.95. The molecule has 0 aliphatic rings. The standard InChI is InChI=1S/C17H19ClN2O2.ClH/c18-15-8-6-14(7-9-15)11-22-12-16(17(19)21)20-10-13-4-2-1-3-5-13;/h1-9,16,20H,10-12H2,(H2,19,21);1H. The number of amides is 1. The topological polar surface area (TPSA) is 64.4 Å². The van der Waals surface area contributed by atoms with Gasteiger partial charge in [0.05, 0.1) is 13.2 Å². The van der Waals surface area contributed by atoms with Crippen molar-refractivity contribution in [2.75, 3.05) is 6.61 Å². The number of nitrogens with two attached hydrogens (primary N) is 1. The Kier molecular flexibility index (Phi) is 8.66.